The van der Waals surface area contributed by atoms with Gasteiger partial charge in [0.25, 0.3) is 15.9 Å². The summed E-state index contributed by atoms with van der Waals surface area (Å²) in [4.78, 5) is 12.6. The number of sulfonamides is 1. The highest BCUT2D eigenvalue weighted by molar-refractivity contribution is 7.92. The quantitative estimate of drug-likeness (QED) is 0.598. The van der Waals surface area contributed by atoms with Gasteiger partial charge in [-0.3, -0.25) is 9.52 Å². The molecule has 4 rings (SSSR count). The van der Waals surface area contributed by atoms with Crippen molar-refractivity contribution in [2.45, 2.75) is 31.1 Å². The number of carbonyl (C=O) groups is 1. The minimum atomic E-state index is -3.91. The summed E-state index contributed by atoms with van der Waals surface area (Å²) in [6.45, 7) is 6.67. The molecule has 2 aromatic carbocycles. The largest absolute Gasteiger partial charge is 0.486 e. The van der Waals surface area contributed by atoms with Gasteiger partial charge < -0.3 is 19.3 Å². The Morgan fingerprint density at radius 3 is 2.47 bits per heavy atom. The average Bonchev–Trinajstić information content (AvgIpc) is 3.22. The standard InChI is InChI=1S/C22H23N3O6S/c1-22(2,3)19-13-20(24-31-19)23-21(26)14-5-4-6-15(11-14)25-32(27,28)16-7-8-17-18(12-16)30-10-9-29-17/h4-8,11-13,25H,9-10H2,1-3H3,(H,23,24,26). The van der Waals surface area contributed by atoms with Crippen molar-refractivity contribution >= 4 is 27.4 Å². The zero-order valence-corrected chi connectivity index (χ0v) is 18.7. The Bertz CT molecular complexity index is 1260. The summed E-state index contributed by atoms with van der Waals surface area (Å²) in [5, 5.41) is 6.52. The number of fused-ring (bicyclic) bond motifs is 1. The second kappa shape index (κ2) is 8.19. The van der Waals surface area contributed by atoms with Crippen LogP contribution in [0.25, 0.3) is 0 Å². The van der Waals surface area contributed by atoms with Crippen molar-refractivity contribution in [3.63, 3.8) is 0 Å². The number of rotatable bonds is 5. The lowest BCUT2D eigenvalue weighted by atomic mass is 9.93. The molecule has 32 heavy (non-hydrogen) atoms. The monoisotopic (exact) mass is 457 g/mol. The van der Waals surface area contributed by atoms with Crippen LogP contribution in [0.4, 0.5) is 11.5 Å². The Kier molecular flexibility index (Phi) is 5.55. The van der Waals surface area contributed by atoms with Gasteiger partial charge in [-0.1, -0.05) is 32.0 Å². The molecule has 0 bridgehead atoms. The molecule has 0 saturated carbocycles. The van der Waals surface area contributed by atoms with Gasteiger partial charge in [0.05, 0.1) is 4.90 Å². The fourth-order valence-corrected chi connectivity index (χ4v) is 4.07. The maximum Gasteiger partial charge on any atom is 0.262 e. The Labute approximate surface area is 185 Å². The summed E-state index contributed by atoms with van der Waals surface area (Å²) in [5.41, 5.74) is 0.248. The van der Waals surface area contributed by atoms with E-state index in [1.54, 1.807) is 30.3 Å². The van der Waals surface area contributed by atoms with E-state index in [4.69, 9.17) is 14.0 Å². The number of benzene rings is 2. The van der Waals surface area contributed by atoms with Crippen LogP contribution in [0.2, 0.25) is 0 Å². The van der Waals surface area contributed by atoms with Crippen LogP contribution >= 0.6 is 0 Å². The zero-order valence-electron chi connectivity index (χ0n) is 17.8. The van der Waals surface area contributed by atoms with Gasteiger partial charge in [0.1, 0.15) is 19.0 Å². The van der Waals surface area contributed by atoms with Crippen LogP contribution in [0.15, 0.2) is 57.9 Å². The first-order chi connectivity index (χ1) is 15.1. The highest BCUT2D eigenvalue weighted by Crippen LogP contribution is 2.33. The summed E-state index contributed by atoms with van der Waals surface area (Å²) in [5.74, 6) is 1.33. The number of ether oxygens (including phenoxy) is 2. The van der Waals surface area contributed by atoms with Gasteiger partial charge >= 0.3 is 0 Å². The molecule has 0 atom stereocenters. The molecule has 10 heteroatoms. The predicted octanol–water partition coefficient (Wildman–Crippen LogP) is 3.80. The van der Waals surface area contributed by atoms with Gasteiger partial charge in [-0.05, 0) is 30.3 Å². The van der Waals surface area contributed by atoms with E-state index in [1.807, 2.05) is 20.8 Å². The number of carbonyl (C=O) groups excluding carboxylic acids is 1. The first-order valence-electron chi connectivity index (χ1n) is 9.93. The topological polar surface area (TPSA) is 120 Å². The molecule has 1 aliphatic rings. The minimum absolute atomic E-state index is 0.0221. The average molecular weight is 458 g/mol. The van der Waals surface area contributed by atoms with E-state index in [0.717, 1.165) is 0 Å². The van der Waals surface area contributed by atoms with Crippen molar-refractivity contribution in [3.05, 3.63) is 59.9 Å². The summed E-state index contributed by atoms with van der Waals surface area (Å²) in [7, 11) is -3.91. The number of hydrogen-bond acceptors (Lipinski definition) is 7. The second-order valence-electron chi connectivity index (χ2n) is 8.27. The van der Waals surface area contributed by atoms with E-state index in [9.17, 15) is 13.2 Å². The number of hydrogen-bond donors (Lipinski definition) is 2. The lowest BCUT2D eigenvalue weighted by Crippen LogP contribution is -2.18. The third-order valence-electron chi connectivity index (χ3n) is 4.69. The van der Waals surface area contributed by atoms with E-state index >= 15 is 0 Å². The van der Waals surface area contributed by atoms with Gasteiger partial charge in [-0.25, -0.2) is 8.42 Å². The van der Waals surface area contributed by atoms with Gasteiger partial charge in [-0.15, -0.1) is 0 Å². The van der Waals surface area contributed by atoms with Crippen LogP contribution in [0, 0.1) is 0 Å². The first-order valence-corrected chi connectivity index (χ1v) is 11.4. The highest BCUT2D eigenvalue weighted by atomic mass is 32.2. The van der Waals surface area contributed by atoms with Crippen molar-refractivity contribution < 1.29 is 27.2 Å². The van der Waals surface area contributed by atoms with E-state index in [-0.39, 0.29) is 27.4 Å². The third kappa shape index (κ3) is 4.70. The molecule has 0 saturated heterocycles. The number of nitrogens with one attached hydrogen (secondary N) is 2. The number of anilines is 2. The van der Waals surface area contributed by atoms with E-state index < -0.39 is 15.9 Å². The molecule has 2 N–H and O–H groups in total. The Balaban J connectivity index is 1.50. The smallest absolute Gasteiger partial charge is 0.262 e. The van der Waals surface area contributed by atoms with Gasteiger partial charge in [0, 0.05) is 28.8 Å². The molecule has 0 fully saturated rings. The molecule has 0 aliphatic carbocycles. The molecule has 1 amide bonds. The molecule has 1 aliphatic heterocycles. The van der Waals surface area contributed by atoms with Crippen molar-refractivity contribution in [2.75, 3.05) is 23.3 Å². The molecule has 2 heterocycles. The first kappa shape index (κ1) is 21.7. The van der Waals surface area contributed by atoms with Gasteiger partial charge in [0.15, 0.2) is 17.3 Å². The van der Waals surface area contributed by atoms with Crippen molar-refractivity contribution in [3.8, 4) is 11.5 Å². The molecular formula is C22H23N3O6S. The van der Waals surface area contributed by atoms with Crippen molar-refractivity contribution in [2.24, 2.45) is 0 Å². The Morgan fingerprint density at radius 2 is 1.75 bits per heavy atom. The van der Waals surface area contributed by atoms with E-state index in [1.165, 1.54) is 18.2 Å². The summed E-state index contributed by atoms with van der Waals surface area (Å²) >= 11 is 0. The van der Waals surface area contributed by atoms with Gasteiger partial charge in [0.2, 0.25) is 0 Å². The van der Waals surface area contributed by atoms with Crippen LogP contribution in [-0.4, -0.2) is 32.7 Å². The van der Waals surface area contributed by atoms with Crippen LogP contribution in [0.5, 0.6) is 11.5 Å². The Morgan fingerprint density at radius 1 is 1.00 bits per heavy atom. The lowest BCUT2D eigenvalue weighted by molar-refractivity contribution is 0.102. The van der Waals surface area contributed by atoms with E-state index in [2.05, 4.69) is 15.2 Å². The lowest BCUT2D eigenvalue weighted by Gasteiger charge is -2.19. The van der Waals surface area contributed by atoms with E-state index in [0.29, 0.717) is 30.5 Å². The van der Waals surface area contributed by atoms with Crippen molar-refractivity contribution in [1.82, 2.24) is 5.16 Å². The summed E-state index contributed by atoms with van der Waals surface area (Å²) in [6.07, 6.45) is 0. The summed E-state index contributed by atoms with van der Waals surface area (Å²) < 4.78 is 44.3. The third-order valence-corrected chi connectivity index (χ3v) is 6.07. The summed E-state index contributed by atoms with van der Waals surface area (Å²) in [6, 6.07) is 12.2. The van der Waals surface area contributed by atoms with Crippen molar-refractivity contribution in [1.29, 1.82) is 0 Å². The molecule has 0 radical (unpaired) electrons. The second-order valence-corrected chi connectivity index (χ2v) is 9.95. The molecular weight excluding hydrogens is 434 g/mol. The highest BCUT2D eigenvalue weighted by Gasteiger charge is 2.22. The van der Waals surface area contributed by atoms with Gasteiger partial charge in [-0.2, -0.15) is 0 Å². The molecule has 3 aromatic rings. The molecule has 9 nitrogen and oxygen atoms in total. The maximum absolute atomic E-state index is 12.8. The number of nitrogens with zero attached hydrogens (tertiary/aromatic N) is 1. The fraction of sp³-hybridized carbons (Fsp3) is 0.273. The van der Waals surface area contributed by atoms with Crippen LogP contribution in [0.3, 0.4) is 0 Å². The predicted molar refractivity (Wildman–Crippen MR) is 118 cm³/mol. The molecule has 0 spiro atoms. The van der Waals surface area contributed by atoms with Crippen LogP contribution in [0.1, 0.15) is 36.9 Å². The fourth-order valence-electron chi connectivity index (χ4n) is 3.00. The minimum Gasteiger partial charge on any atom is -0.486 e. The maximum atomic E-state index is 12.8. The molecule has 1 aromatic heterocycles. The van der Waals surface area contributed by atoms with Crippen LogP contribution in [-0.2, 0) is 15.4 Å². The van der Waals surface area contributed by atoms with Crippen LogP contribution < -0.4 is 19.5 Å². The normalized spacial score (nSPS) is 13.5. The zero-order chi connectivity index (χ0) is 22.9. The SMILES string of the molecule is CC(C)(C)c1cc(NC(=O)c2cccc(NS(=O)(=O)c3ccc4c(c3)OCCO4)c2)no1. The molecule has 168 valence electrons. The number of amides is 1. The Hall–Kier alpha value is -3.53. The molecule has 0 unspecified atom stereocenters. The number of aromatic nitrogens is 1.